The lowest BCUT2D eigenvalue weighted by molar-refractivity contribution is 0.102. The van der Waals surface area contributed by atoms with Gasteiger partial charge in [0.25, 0.3) is 5.91 Å². The molecule has 110 valence electrons. The van der Waals surface area contributed by atoms with E-state index in [4.69, 9.17) is 5.73 Å². The summed E-state index contributed by atoms with van der Waals surface area (Å²) in [6, 6.07) is 16.8. The van der Waals surface area contributed by atoms with E-state index in [1.54, 1.807) is 0 Å². The number of nitrogens with zero attached hydrogens (tertiary/aromatic N) is 3. The molecule has 0 aliphatic rings. The van der Waals surface area contributed by atoms with Gasteiger partial charge >= 0.3 is 0 Å². The molecule has 3 aromatic rings. The minimum atomic E-state index is -0.386. The second-order valence-corrected chi connectivity index (χ2v) is 4.89. The lowest BCUT2D eigenvalue weighted by Gasteiger charge is -2.05. The van der Waals surface area contributed by atoms with E-state index in [1.807, 2.05) is 61.5 Å². The predicted molar refractivity (Wildman–Crippen MR) is 84.9 cm³/mol. The van der Waals surface area contributed by atoms with Gasteiger partial charge in [-0.1, -0.05) is 41.1 Å². The molecule has 0 aliphatic carbocycles. The molecule has 1 aromatic heterocycles. The van der Waals surface area contributed by atoms with Gasteiger partial charge in [-0.25, -0.2) is 0 Å². The van der Waals surface area contributed by atoms with Gasteiger partial charge in [0.15, 0.2) is 11.5 Å². The number of hydrogen-bond donors (Lipinski definition) is 2. The molecule has 0 spiro atoms. The molecular formula is C16H15N5O. The first-order valence-electron chi connectivity index (χ1n) is 6.80. The number of nitrogens with one attached hydrogen (secondary N) is 1. The minimum absolute atomic E-state index is 0.101. The Morgan fingerprint density at radius 3 is 2.45 bits per heavy atom. The molecule has 0 saturated carbocycles. The van der Waals surface area contributed by atoms with Crippen molar-refractivity contribution >= 4 is 17.4 Å². The fourth-order valence-corrected chi connectivity index (χ4v) is 2.04. The SMILES string of the molecule is Cc1ccc(NC(=O)c2nnn(-c3ccccc3)c2N)cc1. The lowest BCUT2D eigenvalue weighted by atomic mass is 10.2. The van der Waals surface area contributed by atoms with Crippen LogP contribution < -0.4 is 11.1 Å². The smallest absolute Gasteiger partial charge is 0.280 e. The third kappa shape index (κ3) is 2.67. The van der Waals surface area contributed by atoms with Gasteiger partial charge in [0.05, 0.1) is 5.69 Å². The predicted octanol–water partition coefficient (Wildman–Crippen LogP) is 2.41. The molecule has 0 atom stereocenters. The summed E-state index contributed by atoms with van der Waals surface area (Å²) in [5.41, 5.74) is 8.65. The van der Waals surface area contributed by atoms with Gasteiger partial charge in [0.1, 0.15) is 0 Å². The Kier molecular flexibility index (Phi) is 3.57. The highest BCUT2D eigenvalue weighted by molar-refractivity contribution is 6.05. The summed E-state index contributed by atoms with van der Waals surface area (Å²) in [7, 11) is 0. The number of para-hydroxylation sites is 1. The molecule has 0 aliphatic heterocycles. The maximum atomic E-state index is 12.3. The Bertz CT molecular complexity index is 793. The molecule has 0 saturated heterocycles. The van der Waals surface area contributed by atoms with Crippen molar-refractivity contribution in [2.75, 3.05) is 11.1 Å². The normalized spacial score (nSPS) is 10.4. The van der Waals surface area contributed by atoms with Crippen molar-refractivity contribution < 1.29 is 4.79 Å². The van der Waals surface area contributed by atoms with Crippen LogP contribution in [0.1, 0.15) is 16.1 Å². The third-order valence-electron chi connectivity index (χ3n) is 3.23. The number of aryl methyl sites for hydroxylation is 1. The fourth-order valence-electron chi connectivity index (χ4n) is 2.04. The van der Waals surface area contributed by atoms with Gasteiger partial charge < -0.3 is 11.1 Å². The van der Waals surface area contributed by atoms with Gasteiger partial charge in [0, 0.05) is 5.69 Å². The molecule has 3 N–H and O–H groups in total. The van der Waals surface area contributed by atoms with E-state index in [0.29, 0.717) is 5.69 Å². The summed E-state index contributed by atoms with van der Waals surface area (Å²) < 4.78 is 1.43. The van der Waals surface area contributed by atoms with E-state index in [0.717, 1.165) is 11.3 Å². The summed E-state index contributed by atoms with van der Waals surface area (Å²) in [5.74, 6) is -0.181. The van der Waals surface area contributed by atoms with Crippen molar-refractivity contribution in [3.05, 3.63) is 65.9 Å². The van der Waals surface area contributed by atoms with Crippen LogP contribution in [0.4, 0.5) is 11.5 Å². The van der Waals surface area contributed by atoms with E-state index in [9.17, 15) is 4.79 Å². The number of rotatable bonds is 3. The van der Waals surface area contributed by atoms with Gasteiger partial charge in [-0.05, 0) is 31.2 Å². The van der Waals surface area contributed by atoms with Crippen LogP contribution in [0.25, 0.3) is 5.69 Å². The van der Waals surface area contributed by atoms with Gasteiger partial charge in [0.2, 0.25) is 0 Å². The van der Waals surface area contributed by atoms with E-state index in [1.165, 1.54) is 4.68 Å². The molecule has 6 nitrogen and oxygen atoms in total. The number of nitrogen functional groups attached to an aromatic ring is 1. The van der Waals surface area contributed by atoms with E-state index >= 15 is 0 Å². The zero-order valence-electron chi connectivity index (χ0n) is 12.0. The molecule has 22 heavy (non-hydrogen) atoms. The standard InChI is InChI=1S/C16H15N5O/c1-11-7-9-12(10-8-11)18-16(22)14-15(17)21(20-19-14)13-5-3-2-4-6-13/h2-10H,17H2,1H3,(H,18,22). The highest BCUT2D eigenvalue weighted by Gasteiger charge is 2.18. The summed E-state index contributed by atoms with van der Waals surface area (Å²) in [6.45, 7) is 1.98. The average molecular weight is 293 g/mol. The number of carbonyl (C=O) groups excluding carboxylic acids is 1. The van der Waals surface area contributed by atoms with Gasteiger partial charge in [-0.15, -0.1) is 5.10 Å². The molecule has 0 bridgehead atoms. The molecule has 3 rings (SSSR count). The molecule has 0 radical (unpaired) electrons. The topological polar surface area (TPSA) is 85.8 Å². The Balaban J connectivity index is 1.85. The van der Waals surface area contributed by atoms with Crippen LogP contribution in [0.2, 0.25) is 0 Å². The van der Waals surface area contributed by atoms with E-state index in [-0.39, 0.29) is 17.4 Å². The van der Waals surface area contributed by atoms with Gasteiger partial charge in [-0.2, -0.15) is 4.68 Å². The van der Waals surface area contributed by atoms with E-state index < -0.39 is 0 Å². The van der Waals surface area contributed by atoms with Crippen molar-refractivity contribution in [3.8, 4) is 5.69 Å². The zero-order chi connectivity index (χ0) is 15.5. The molecule has 1 amide bonds. The van der Waals surface area contributed by atoms with Crippen LogP contribution in [0, 0.1) is 6.92 Å². The molecule has 2 aromatic carbocycles. The average Bonchev–Trinajstić information content (AvgIpc) is 2.92. The van der Waals surface area contributed by atoms with Crippen LogP contribution >= 0.6 is 0 Å². The molecule has 1 heterocycles. The monoisotopic (exact) mass is 293 g/mol. The number of aromatic nitrogens is 3. The Labute approximate surface area is 127 Å². The first-order valence-corrected chi connectivity index (χ1v) is 6.80. The number of nitrogens with two attached hydrogens (primary N) is 1. The van der Waals surface area contributed by atoms with Crippen LogP contribution in [0.15, 0.2) is 54.6 Å². The molecule has 0 fully saturated rings. The summed E-state index contributed by atoms with van der Waals surface area (Å²) in [5, 5.41) is 10.6. The van der Waals surface area contributed by atoms with Crippen molar-refractivity contribution in [1.82, 2.24) is 15.0 Å². The van der Waals surface area contributed by atoms with Crippen molar-refractivity contribution in [3.63, 3.8) is 0 Å². The van der Waals surface area contributed by atoms with E-state index in [2.05, 4.69) is 15.6 Å². The Morgan fingerprint density at radius 1 is 1.09 bits per heavy atom. The quantitative estimate of drug-likeness (QED) is 0.776. The third-order valence-corrected chi connectivity index (χ3v) is 3.23. The van der Waals surface area contributed by atoms with Crippen molar-refractivity contribution in [1.29, 1.82) is 0 Å². The van der Waals surface area contributed by atoms with Crippen LogP contribution in [0.5, 0.6) is 0 Å². The Hall–Kier alpha value is -3.15. The van der Waals surface area contributed by atoms with Crippen LogP contribution in [-0.4, -0.2) is 20.9 Å². The number of hydrogen-bond acceptors (Lipinski definition) is 4. The highest BCUT2D eigenvalue weighted by Crippen LogP contribution is 2.16. The maximum Gasteiger partial charge on any atom is 0.280 e. The first-order chi connectivity index (χ1) is 10.6. The first kappa shape index (κ1) is 13.8. The van der Waals surface area contributed by atoms with Crippen LogP contribution in [-0.2, 0) is 0 Å². The largest absolute Gasteiger partial charge is 0.382 e. The maximum absolute atomic E-state index is 12.3. The number of benzene rings is 2. The van der Waals surface area contributed by atoms with Crippen molar-refractivity contribution in [2.24, 2.45) is 0 Å². The number of carbonyl (C=O) groups is 1. The fraction of sp³-hybridized carbons (Fsp3) is 0.0625. The highest BCUT2D eigenvalue weighted by atomic mass is 16.2. The summed E-state index contributed by atoms with van der Waals surface area (Å²) in [4.78, 5) is 12.3. The van der Waals surface area contributed by atoms with Crippen LogP contribution in [0.3, 0.4) is 0 Å². The second-order valence-electron chi connectivity index (χ2n) is 4.89. The molecule has 6 heteroatoms. The zero-order valence-corrected chi connectivity index (χ0v) is 12.0. The van der Waals surface area contributed by atoms with Gasteiger partial charge in [-0.3, -0.25) is 4.79 Å². The minimum Gasteiger partial charge on any atom is -0.382 e. The number of amides is 1. The Morgan fingerprint density at radius 2 is 1.77 bits per heavy atom. The second kappa shape index (κ2) is 5.69. The summed E-state index contributed by atoms with van der Waals surface area (Å²) >= 11 is 0. The summed E-state index contributed by atoms with van der Waals surface area (Å²) in [6.07, 6.45) is 0. The van der Waals surface area contributed by atoms with Crippen molar-refractivity contribution in [2.45, 2.75) is 6.92 Å². The number of anilines is 2. The molecular weight excluding hydrogens is 278 g/mol. The molecule has 0 unspecified atom stereocenters. The lowest BCUT2D eigenvalue weighted by Crippen LogP contribution is -2.15.